The molecule has 0 atom stereocenters. The minimum atomic E-state index is -0.729. The van der Waals surface area contributed by atoms with E-state index in [2.05, 4.69) is 0 Å². The largest absolute Gasteiger partial charge is 0.493 e. The van der Waals surface area contributed by atoms with Gasteiger partial charge in [-0.15, -0.1) is 0 Å². The molecule has 1 aliphatic heterocycles. The Morgan fingerprint density at radius 3 is 2.52 bits per heavy atom. The number of halogens is 1. The van der Waals surface area contributed by atoms with Crippen LogP contribution >= 0.6 is 11.6 Å². The predicted molar refractivity (Wildman–Crippen MR) is 104 cm³/mol. The van der Waals surface area contributed by atoms with Gasteiger partial charge in [-0.1, -0.05) is 11.6 Å². The number of carbonyl (C=O) groups is 2. The minimum Gasteiger partial charge on any atom is -0.493 e. The molecule has 148 valence electrons. The topological polar surface area (TPSA) is 105 Å². The molecule has 0 amide bonds. The summed E-state index contributed by atoms with van der Waals surface area (Å²) < 4.78 is 15.3. The lowest BCUT2D eigenvalue weighted by Gasteiger charge is -2.09. The second kappa shape index (κ2) is 8.15. The van der Waals surface area contributed by atoms with Crippen molar-refractivity contribution in [2.75, 3.05) is 7.11 Å². The zero-order valence-electron chi connectivity index (χ0n) is 15.3. The smallest absolute Gasteiger partial charge is 0.343 e. The maximum absolute atomic E-state index is 12.2. The SMILES string of the molecule is COc1cc(/C=C2\C=C(c3ccc(Cl)cc3)OC2=O)cc([N+](=O)[O-])c1OC(C)=O. The van der Waals surface area contributed by atoms with Crippen molar-refractivity contribution in [2.45, 2.75) is 6.92 Å². The van der Waals surface area contributed by atoms with Gasteiger partial charge in [0.2, 0.25) is 5.75 Å². The first kappa shape index (κ1) is 20.1. The van der Waals surface area contributed by atoms with Crippen LogP contribution in [0.25, 0.3) is 11.8 Å². The van der Waals surface area contributed by atoms with Gasteiger partial charge in [0.05, 0.1) is 17.6 Å². The fraction of sp³-hybridized carbons (Fsp3) is 0.100. The van der Waals surface area contributed by atoms with Gasteiger partial charge in [-0.2, -0.15) is 0 Å². The van der Waals surface area contributed by atoms with E-state index in [1.807, 2.05) is 0 Å². The van der Waals surface area contributed by atoms with Gasteiger partial charge in [-0.25, -0.2) is 4.79 Å². The number of carbonyl (C=O) groups excluding carboxylic acids is 2. The first-order valence-corrected chi connectivity index (χ1v) is 8.62. The van der Waals surface area contributed by atoms with Crippen LogP contribution in [0.4, 0.5) is 5.69 Å². The van der Waals surface area contributed by atoms with E-state index in [1.165, 1.54) is 31.4 Å². The van der Waals surface area contributed by atoms with Crippen LogP contribution in [0.15, 0.2) is 48.0 Å². The van der Waals surface area contributed by atoms with Crippen LogP contribution in [0.5, 0.6) is 11.5 Å². The molecule has 3 rings (SSSR count). The van der Waals surface area contributed by atoms with E-state index in [-0.39, 0.29) is 17.1 Å². The number of esters is 2. The van der Waals surface area contributed by atoms with Crippen molar-refractivity contribution in [2.24, 2.45) is 0 Å². The van der Waals surface area contributed by atoms with Gasteiger partial charge in [0, 0.05) is 23.6 Å². The van der Waals surface area contributed by atoms with Crippen molar-refractivity contribution in [3.05, 3.63) is 74.3 Å². The number of nitro benzene ring substituents is 1. The molecule has 29 heavy (non-hydrogen) atoms. The van der Waals surface area contributed by atoms with Crippen LogP contribution in [0.2, 0.25) is 5.02 Å². The molecule has 9 heteroatoms. The van der Waals surface area contributed by atoms with Crippen molar-refractivity contribution in [1.29, 1.82) is 0 Å². The molecule has 0 bridgehead atoms. The van der Waals surface area contributed by atoms with E-state index in [0.717, 1.165) is 6.92 Å². The number of nitrogens with zero attached hydrogens (tertiary/aromatic N) is 1. The summed E-state index contributed by atoms with van der Waals surface area (Å²) in [5.74, 6) is -1.34. The van der Waals surface area contributed by atoms with E-state index >= 15 is 0 Å². The summed E-state index contributed by atoms with van der Waals surface area (Å²) in [7, 11) is 1.28. The molecule has 0 radical (unpaired) electrons. The average Bonchev–Trinajstić information content (AvgIpc) is 3.03. The molecule has 0 N–H and O–H groups in total. The van der Waals surface area contributed by atoms with Gasteiger partial charge in [-0.05, 0) is 48.0 Å². The highest BCUT2D eigenvalue weighted by molar-refractivity contribution is 6.30. The van der Waals surface area contributed by atoms with Crippen LogP contribution in [0, 0.1) is 10.1 Å². The molecule has 0 saturated carbocycles. The van der Waals surface area contributed by atoms with Crippen LogP contribution in [-0.2, 0) is 14.3 Å². The van der Waals surface area contributed by atoms with Crippen LogP contribution < -0.4 is 9.47 Å². The third-order valence-electron chi connectivity index (χ3n) is 3.90. The Labute approximate surface area is 170 Å². The van der Waals surface area contributed by atoms with Crippen molar-refractivity contribution in [1.82, 2.24) is 0 Å². The van der Waals surface area contributed by atoms with Gasteiger partial charge < -0.3 is 14.2 Å². The summed E-state index contributed by atoms with van der Waals surface area (Å²) in [4.78, 5) is 34.2. The first-order chi connectivity index (χ1) is 13.8. The molecule has 0 fully saturated rings. The van der Waals surface area contributed by atoms with Crippen molar-refractivity contribution >= 4 is 41.1 Å². The Hall–Kier alpha value is -3.65. The quantitative estimate of drug-likeness (QED) is 0.237. The van der Waals surface area contributed by atoms with Crippen LogP contribution in [0.1, 0.15) is 18.1 Å². The number of nitro groups is 1. The molecular formula is C20H14ClNO7. The molecule has 1 aliphatic rings. The normalized spacial score (nSPS) is 14.4. The summed E-state index contributed by atoms with van der Waals surface area (Å²) in [6.45, 7) is 1.12. The summed E-state index contributed by atoms with van der Waals surface area (Å²) in [6.07, 6.45) is 2.93. The average molecular weight is 416 g/mol. The van der Waals surface area contributed by atoms with Crippen LogP contribution in [0.3, 0.4) is 0 Å². The Bertz CT molecular complexity index is 1070. The standard InChI is InChI=1S/C20H14ClNO7/c1-11(23)28-19-16(22(25)26)8-12(9-18(19)27-2)7-14-10-17(29-20(14)24)13-3-5-15(21)6-4-13/h3-10H,1-2H3/b14-7+. The Morgan fingerprint density at radius 2 is 1.93 bits per heavy atom. The summed E-state index contributed by atoms with van der Waals surface area (Å²) in [5, 5.41) is 12.0. The molecule has 0 unspecified atom stereocenters. The van der Waals surface area contributed by atoms with E-state index in [4.69, 9.17) is 25.8 Å². The molecule has 0 aliphatic carbocycles. The second-order valence-electron chi connectivity index (χ2n) is 5.93. The Kier molecular flexibility index (Phi) is 5.65. The summed E-state index contributed by atoms with van der Waals surface area (Å²) in [5.41, 5.74) is 0.663. The third kappa shape index (κ3) is 4.44. The Balaban J connectivity index is 2.04. The lowest BCUT2D eigenvalue weighted by molar-refractivity contribution is -0.385. The molecule has 2 aromatic rings. The summed E-state index contributed by atoms with van der Waals surface area (Å²) in [6, 6.07) is 9.32. The fourth-order valence-corrected chi connectivity index (χ4v) is 2.78. The van der Waals surface area contributed by atoms with E-state index in [1.54, 1.807) is 24.3 Å². The molecule has 0 spiro atoms. The van der Waals surface area contributed by atoms with Crippen molar-refractivity contribution < 1.29 is 28.7 Å². The zero-order valence-corrected chi connectivity index (χ0v) is 16.1. The van der Waals surface area contributed by atoms with Gasteiger partial charge in [0.1, 0.15) is 5.76 Å². The fourth-order valence-electron chi connectivity index (χ4n) is 2.65. The highest BCUT2D eigenvalue weighted by atomic mass is 35.5. The zero-order chi connectivity index (χ0) is 21.1. The minimum absolute atomic E-state index is 0.0190. The maximum atomic E-state index is 12.2. The lowest BCUT2D eigenvalue weighted by atomic mass is 10.1. The maximum Gasteiger partial charge on any atom is 0.343 e. The highest BCUT2D eigenvalue weighted by Crippen LogP contribution is 2.39. The number of benzene rings is 2. The number of hydrogen-bond donors (Lipinski definition) is 0. The van der Waals surface area contributed by atoms with Gasteiger partial charge in [-0.3, -0.25) is 14.9 Å². The van der Waals surface area contributed by atoms with E-state index in [9.17, 15) is 19.7 Å². The molecular weight excluding hydrogens is 402 g/mol. The van der Waals surface area contributed by atoms with Gasteiger partial charge >= 0.3 is 17.6 Å². The number of cyclic esters (lactones) is 1. The predicted octanol–water partition coefficient (Wildman–Crippen LogP) is 4.16. The van der Waals surface area contributed by atoms with E-state index in [0.29, 0.717) is 21.9 Å². The van der Waals surface area contributed by atoms with Crippen LogP contribution in [-0.4, -0.2) is 24.0 Å². The molecule has 8 nitrogen and oxygen atoms in total. The van der Waals surface area contributed by atoms with Gasteiger partial charge in [0.25, 0.3) is 0 Å². The van der Waals surface area contributed by atoms with E-state index < -0.39 is 22.5 Å². The van der Waals surface area contributed by atoms with Crippen molar-refractivity contribution in [3.8, 4) is 11.5 Å². The van der Waals surface area contributed by atoms with Gasteiger partial charge in [0.15, 0.2) is 5.75 Å². The number of rotatable bonds is 5. The number of ether oxygens (including phenoxy) is 3. The van der Waals surface area contributed by atoms with Crippen molar-refractivity contribution in [3.63, 3.8) is 0 Å². The number of methoxy groups -OCH3 is 1. The first-order valence-electron chi connectivity index (χ1n) is 8.25. The molecule has 2 aromatic carbocycles. The Morgan fingerprint density at radius 1 is 1.24 bits per heavy atom. The monoisotopic (exact) mass is 415 g/mol. The molecule has 1 heterocycles. The summed E-state index contributed by atoms with van der Waals surface area (Å²) >= 11 is 5.86. The lowest BCUT2D eigenvalue weighted by Crippen LogP contribution is -2.06. The number of hydrogen-bond acceptors (Lipinski definition) is 7. The second-order valence-corrected chi connectivity index (χ2v) is 6.36. The third-order valence-corrected chi connectivity index (χ3v) is 4.15. The molecule has 0 saturated heterocycles. The highest BCUT2D eigenvalue weighted by Gasteiger charge is 2.26. The molecule has 0 aromatic heterocycles.